The Morgan fingerprint density at radius 1 is 1.29 bits per heavy atom. The molecule has 1 saturated carbocycles. The number of carbonyl (C=O) groups excluding carboxylic acids is 1. The highest BCUT2D eigenvalue weighted by atomic mass is 16.7. The van der Waals surface area contributed by atoms with Crippen molar-refractivity contribution in [2.45, 2.75) is 51.0 Å². The van der Waals surface area contributed by atoms with Gasteiger partial charge in [0, 0.05) is 20.3 Å². The molecule has 0 aromatic rings. The van der Waals surface area contributed by atoms with Gasteiger partial charge in [-0.05, 0) is 19.8 Å². The van der Waals surface area contributed by atoms with Gasteiger partial charge in [-0.3, -0.25) is 4.79 Å². The summed E-state index contributed by atoms with van der Waals surface area (Å²) in [7, 11) is 3.13. The molecule has 100 valence electrons. The predicted molar refractivity (Wildman–Crippen MR) is 65.7 cm³/mol. The van der Waals surface area contributed by atoms with Crippen LogP contribution in [0, 0.1) is 0 Å². The number of ether oxygens (including phenoxy) is 2. The maximum absolute atomic E-state index is 11.7. The highest BCUT2D eigenvalue weighted by molar-refractivity contribution is 5.78. The number of amides is 1. The molecule has 0 spiro atoms. The molecule has 1 aliphatic rings. The summed E-state index contributed by atoms with van der Waals surface area (Å²) in [5.41, 5.74) is 0. The molecule has 1 amide bonds. The van der Waals surface area contributed by atoms with Crippen molar-refractivity contribution in [1.29, 1.82) is 0 Å². The molecule has 17 heavy (non-hydrogen) atoms. The molecule has 5 nitrogen and oxygen atoms in total. The van der Waals surface area contributed by atoms with Crippen molar-refractivity contribution in [2.24, 2.45) is 0 Å². The fraction of sp³-hybridized carbons (Fsp3) is 0.917. The van der Waals surface area contributed by atoms with Crippen LogP contribution in [0.3, 0.4) is 0 Å². The first-order chi connectivity index (χ1) is 8.17. The third-order valence-electron chi connectivity index (χ3n) is 3.17. The van der Waals surface area contributed by atoms with Gasteiger partial charge in [-0.1, -0.05) is 12.8 Å². The normalized spacial score (nSPS) is 18.6. The van der Waals surface area contributed by atoms with E-state index in [0.717, 1.165) is 0 Å². The van der Waals surface area contributed by atoms with E-state index in [-0.39, 0.29) is 11.9 Å². The lowest BCUT2D eigenvalue weighted by molar-refractivity contribution is -0.135. The molecule has 1 atom stereocenters. The number of hydrogen-bond acceptors (Lipinski definition) is 4. The van der Waals surface area contributed by atoms with Crippen molar-refractivity contribution in [3.8, 4) is 0 Å². The summed E-state index contributed by atoms with van der Waals surface area (Å²) in [6, 6.07) is 0.361. The number of hydrogen-bond donors (Lipinski definition) is 2. The molecule has 2 N–H and O–H groups in total. The van der Waals surface area contributed by atoms with Crippen LogP contribution in [0.2, 0.25) is 0 Å². The predicted octanol–water partition coefficient (Wildman–Crippen LogP) is 0.642. The maximum atomic E-state index is 11.7. The average Bonchev–Trinajstić information content (AvgIpc) is 2.81. The molecule has 1 aliphatic carbocycles. The SMILES string of the molecule is COC(OC)C(C)NC(=O)CNC1CCCC1. The van der Waals surface area contributed by atoms with Crippen LogP contribution in [0.4, 0.5) is 0 Å². The van der Waals surface area contributed by atoms with Gasteiger partial charge < -0.3 is 20.1 Å². The number of rotatable bonds is 7. The summed E-state index contributed by atoms with van der Waals surface area (Å²) >= 11 is 0. The molecule has 0 radical (unpaired) electrons. The summed E-state index contributed by atoms with van der Waals surface area (Å²) in [5, 5.41) is 6.12. The molecular weight excluding hydrogens is 220 g/mol. The summed E-state index contributed by atoms with van der Waals surface area (Å²) in [5.74, 6) is -0.0106. The largest absolute Gasteiger partial charge is 0.354 e. The van der Waals surface area contributed by atoms with Crippen LogP contribution in [0.1, 0.15) is 32.6 Å². The monoisotopic (exact) mass is 244 g/mol. The van der Waals surface area contributed by atoms with E-state index >= 15 is 0 Å². The Balaban J connectivity index is 2.18. The quantitative estimate of drug-likeness (QED) is 0.645. The first-order valence-corrected chi connectivity index (χ1v) is 6.25. The minimum Gasteiger partial charge on any atom is -0.354 e. The van der Waals surface area contributed by atoms with Crippen molar-refractivity contribution in [1.82, 2.24) is 10.6 Å². The van der Waals surface area contributed by atoms with E-state index in [2.05, 4.69) is 10.6 Å². The second kappa shape index (κ2) is 7.63. The van der Waals surface area contributed by atoms with Gasteiger partial charge in [-0.2, -0.15) is 0 Å². The minimum absolute atomic E-state index is 0.0106. The van der Waals surface area contributed by atoms with Gasteiger partial charge in [0.05, 0.1) is 12.6 Å². The van der Waals surface area contributed by atoms with Gasteiger partial charge in [0.2, 0.25) is 5.91 Å². The van der Waals surface area contributed by atoms with Crippen molar-refractivity contribution >= 4 is 5.91 Å². The van der Waals surface area contributed by atoms with E-state index < -0.39 is 6.29 Å². The van der Waals surface area contributed by atoms with Gasteiger partial charge >= 0.3 is 0 Å². The molecular formula is C12H24N2O3. The van der Waals surface area contributed by atoms with Crippen molar-refractivity contribution < 1.29 is 14.3 Å². The van der Waals surface area contributed by atoms with Gasteiger partial charge in [-0.15, -0.1) is 0 Å². The van der Waals surface area contributed by atoms with Crippen LogP contribution < -0.4 is 10.6 Å². The van der Waals surface area contributed by atoms with E-state index in [0.29, 0.717) is 12.6 Å². The maximum Gasteiger partial charge on any atom is 0.234 e. The summed E-state index contributed by atoms with van der Waals surface area (Å²) in [4.78, 5) is 11.7. The highest BCUT2D eigenvalue weighted by Crippen LogP contribution is 2.17. The Morgan fingerprint density at radius 3 is 2.41 bits per heavy atom. The average molecular weight is 244 g/mol. The third kappa shape index (κ3) is 5.02. The summed E-state index contributed by atoms with van der Waals surface area (Å²) in [6.07, 6.45) is 4.50. The Kier molecular flexibility index (Phi) is 6.47. The Labute approximate surface area is 103 Å². The first-order valence-electron chi connectivity index (χ1n) is 6.25. The zero-order chi connectivity index (χ0) is 12.7. The topological polar surface area (TPSA) is 59.6 Å². The van der Waals surface area contributed by atoms with Crippen molar-refractivity contribution in [2.75, 3.05) is 20.8 Å². The standard InChI is InChI=1S/C12H24N2O3/c1-9(12(16-2)17-3)14-11(15)8-13-10-6-4-5-7-10/h9-10,12-13H,4-8H2,1-3H3,(H,14,15). The molecule has 0 bridgehead atoms. The van der Waals surface area contributed by atoms with E-state index in [1.807, 2.05) is 6.92 Å². The van der Waals surface area contributed by atoms with Crippen LogP contribution in [0.25, 0.3) is 0 Å². The minimum atomic E-state index is -0.398. The van der Waals surface area contributed by atoms with E-state index in [1.54, 1.807) is 14.2 Å². The van der Waals surface area contributed by atoms with Gasteiger partial charge in [0.15, 0.2) is 6.29 Å². The second-order valence-corrected chi connectivity index (χ2v) is 4.56. The molecule has 1 rings (SSSR count). The van der Waals surface area contributed by atoms with Gasteiger partial charge in [0.25, 0.3) is 0 Å². The zero-order valence-corrected chi connectivity index (χ0v) is 11.0. The number of nitrogens with one attached hydrogen (secondary N) is 2. The lowest BCUT2D eigenvalue weighted by Crippen LogP contribution is -2.47. The van der Waals surface area contributed by atoms with Crippen LogP contribution in [-0.2, 0) is 14.3 Å². The highest BCUT2D eigenvalue weighted by Gasteiger charge is 2.19. The van der Waals surface area contributed by atoms with E-state index in [9.17, 15) is 4.79 Å². The smallest absolute Gasteiger partial charge is 0.234 e. The zero-order valence-electron chi connectivity index (χ0n) is 11.0. The Bertz CT molecular complexity index is 226. The van der Waals surface area contributed by atoms with Crippen molar-refractivity contribution in [3.05, 3.63) is 0 Å². The van der Waals surface area contributed by atoms with Crippen LogP contribution in [0.15, 0.2) is 0 Å². The summed E-state index contributed by atoms with van der Waals surface area (Å²) in [6.45, 7) is 2.24. The fourth-order valence-corrected chi connectivity index (χ4v) is 2.24. The Morgan fingerprint density at radius 2 is 1.88 bits per heavy atom. The van der Waals surface area contributed by atoms with E-state index in [1.165, 1.54) is 25.7 Å². The molecule has 0 aromatic carbocycles. The third-order valence-corrected chi connectivity index (χ3v) is 3.17. The summed E-state index contributed by atoms with van der Waals surface area (Å²) < 4.78 is 10.2. The molecule has 0 saturated heterocycles. The van der Waals surface area contributed by atoms with E-state index in [4.69, 9.17) is 9.47 Å². The number of carbonyl (C=O) groups is 1. The van der Waals surface area contributed by atoms with Crippen LogP contribution in [0.5, 0.6) is 0 Å². The van der Waals surface area contributed by atoms with Gasteiger partial charge in [-0.25, -0.2) is 0 Å². The second-order valence-electron chi connectivity index (χ2n) is 4.56. The molecule has 1 fully saturated rings. The molecule has 5 heteroatoms. The molecule has 0 aliphatic heterocycles. The van der Waals surface area contributed by atoms with Crippen LogP contribution in [-0.4, -0.2) is 45.0 Å². The van der Waals surface area contributed by atoms with Gasteiger partial charge in [0.1, 0.15) is 0 Å². The first kappa shape index (κ1) is 14.4. The Hall–Kier alpha value is -0.650. The van der Waals surface area contributed by atoms with Crippen LogP contribution >= 0.6 is 0 Å². The molecule has 1 unspecified atom stereocenters. The molecule has 0 aromatic heterocycles. The lowest BCUT2D eigenvalue weighted by atomic mass is 10.2. The molecule has 0 heterocycles. The fourth-order valence-electron chi connectivity index (χ4n) is 2.24. The lowest BCUT2D eigenvalue weighted by Gasteiger charge is -2.22. The number of methoxy groups -OCH3 is 2. The van der Waals surface area contributed by atoms with Crippen molar-refractivity contribution in [3.63, 3.8) is 0 Å².